The number of nitrogen functional groups attached to an aromatic ring is 1. The molecule has 1 aromatic rings. The molecular formula is C11H17FN2O. The lowest BCUT2D eigenvalue weighted by Crippen LogP contribution is -2.08. The number of aliphatic hydroxyl groups excluding tert-OH is 1. The predicted molar refractivity (Wildman–Crippen MR) is 60.2 cm³/mol. The zero-order valence-electron chi connectivity index (χ0n) is 8.83. The van der Waals surface area contributed by atoms with Gasteiger partial charge < -0.3 is 16.2 Å². The second kappa shape index (κ2) is 5.56. The smallest absolute Gasteiger partial charge is 0.148 e. The summed E-state index contributed by atoms with van der Waals surface area (Å²) in [4.78, 5) is 0. The molecule has 1 unspecified atom stereocenters. The van der Waals surface area contributed by atoms with Gasteiger partial charge in [0.1, 0.15) is 5.82 Å². The molecule has 0 spiro atoms. The highest BCUT2D eigenvalue weighted by atomic mass is 19.1. The predicted octanol–water partition coefficient (Wildman–Crippen LogP) is 1.98. The summed E-state index contributed by atoms with van der Waals surface area (Å²) >= 11 is 0. The minimum Gasteiger partial charge on any atom is -0.395 e. The van der Waals surface area contributed by atoms with Crippen LogP contribution in [0, 0.1) is 5.82 Å². The molecule has 0 fully saturated rings. The van der Waals surface area contributed by atoms with E-state index >= 15 is 0 Å². The van der Waals surface area contributed by atoms with Crippen LogP contribution in [0.15, 0.2) is 18.2 Å². The molecule has 0 aliphatic carbocycles. The Morgan fingerprint density at radius 2 is 2.27 bits per heavy atom. The van der Waals surface area contributed by atoms with Gasteiger partial charge in [-0.2, -0.15) is 0 Å². The number of anilines is 2. The molecule has 0 aliphatic heterocycles. The maximum atomic E-state index is 13.0. The van der Waals surface area contributed by atoms with Crippen molar-refractivity contribution in [3.05, 3.63) is 24.0 Å². The van der Waals surface area contributed by atoms with Crippen molar-refractivity contribution in [1.29, 1.82) is 0 Å². The van der Waals surface area contributed by atoms with Crippen LogP contribution in [0.4, 0.5) is 15.8 Å². The Morgan fingerprint density at radius 1 is 1.53 bits per heavy atom. The van der Waals surface area contributed by atoms with E-state index in [1.807, 2.05) is 0 Å². The Hall–Kier alpha value is -1.29. The fraction of sp³-hybridized carbons (Fsp3) is 0.455. The van der Waals surface area contributed by atoms with Crippen molar-refractivity contribution in [2.24, 2.45) is 0 Å². The topological polar surface area (TPSA) is 58.3 Å². The van der Waals surface area contributed by atoms with Crippen LogP contribution in [0.25, 0.3) is 0 Å². The highest BCUT2D eigenvalue weighted by molar-refractivity contribution is 5.66. The molecule has 0 amide bonds. The number of hydrogen-bond donors (Lipinski definition) is 3. The van der Waals surface area contributed by atoms with Gasteiger partial charge in [0.15, 0.2) is 0 Å². The van der Waals surface area contributed by atoms with E-state index in [1.54, 1.807) is 19.1 Å². The van der Waals surface area contributed by atoms with Crippen molar-refractivity contribution < 1.29 is 9.50 Å². The van der Waals surface area contributed by atoms with E-state index < -0.39 is 5.82 Å². The molecule has 1 rings (SSSR count). The molecule has 1 atom stereocenters. The summed E-state index contributed by atoms with van der Waals surface area (Å²) in [6, 6.07) is 4.68. The van der Waals surface area contributed by atoms with Crippen LogP contribution in [0.2, 0.25) is 0 Å². The summed E-state index contributed by atoms with van der Waals surface area (Å²) < 4.78 is 13.0. The van der Waals surface area contributed by atoms with E-state index in [4.69, 9.17) is 10.8 Å². The third kappa shape index (κ3) is 3.75. The normalized spacial score (nSPS) is 12.5. The van der Waals surface area contributed by atoms with Gasteiger partial charge >= 0.3 is 0 Å². The largest absolute Gasteiger partial charge is 0.395 e. The minimum atomic E-state index is -0.407. The summed E-state index contributed by atoms with van der Waals surface area (Å²) in [5, 5.41) is 12.1. The van der Waals surface area contributed by atoms with Gasteiger partial charge in [-0.05, 0) is 31.9 Å². The summed E-state index contributed by atoms with van der Waals surface area (Å²) in [5.41, 5.74) is 6.30. The number of aliphatic hydroxyl groups is 1. The minimum absolute atomic E-state index is 0.148. The van der Waals surface area contributed by atoms with Crippen LogP contribution in [0.1, 0.15) is 19.8 Å². The molecule has 1 aromatic carbocycles. The number of rotatable bonds is 5. The van der Waals surface area contributed by atoms with Gasteiger partial charge in [-0.1, -0.05) is 6.07 Å². The number of hydrogen-bond acceptors (Lipinski definition) is 3. The van der Waals surface area contributed by atoms with E-state index in [2.05, 4.69) is 5.32 Å². The third-order valence-electron chi connectivity index (χ3n) is 2.17. The second-order valence-electron chi connectivity index (χ2n) is 3.62. The van der Waals surface area contributed by atoms with Gasteiger partial charge in [-0.25, -0.2) is 4.39 Å². The van der Waals surface area contributed by atoms with E-state index in [9.17, 15) is 4.39 Å². The molecule has 3 nitrogen and oxygen atoms in total. The zero-order chi connectivity index (χ0) is 11.3. The van der Waals surface area contributed by atoms with Gasteiger partial charge in [0.25, 0.3) is 0 Å². The van der Waals surface area contributed by atoms with Gasteiger partial charge in [0, 0.05) is 6.54 Å². The Morgan fingerprint density at radius 3 is 2.93 bits per heavy atom. The van der Waals surface area contributed by atoms with Crippen molar-refractivity contribution in [3.8, 4) is 0 Å². The fourth-order valence-electron chi connectivity index (χ4n) is 1.31. The molecule has 4 heteroatoms. The molecule has 0 saturated carbocycles. The van der Waals surface area contributed by atoms with Crippen LogP contribution < -0.4 is 11.1 Å². The number of nitrogens with one attached hydrogen (secondary N) is 1. The summed E-state index contributed by atoms with van der Waals surface area (Å²) in [6.07, 6.45) is 1.26. The first kappa shape index (κ1) is 11.8. The SMILES string of the molecule is CC(O)CCCNc1cccc(F)c1N. The molecule has 0 aromatic heterocycles. The van der Waals surface area contributed by atoms with Crippen LogP contribution in [-0.4, -0.2) is 17.8 Å². The molecule has 0 heterocycles. The number of benzene rings is 1. The van der Waals surface area contributed by atoms with Crippen LogP contribution in [0.5, 0.6) is 0 Å². The van der Waals surface area contributed by atoms with Crippen molar-refractivity contribution in [1.82, 2.24) is 0 Å². The van der Waals surface area contributed by atoms with Gasteiger partial charge in [-0.3, -0.25) is 0 Å². The average molecular weight is 212 g/mol. The number of para-hydroxylation sites is 1. The molecule has 4 N–H and O–H groups in total. The summed E-state index contributed by atoms with van der Waals surface area (Å²) in [7, 11) is 0. The first-order valence-electron chi connectivity index (χ1n) is 5.07. The van der Waals surface area contributed by atoms with Crippen LogP contribution in [-0.2, 0) is 0 Å². The molecule has 0 saturated heterocycles. The molecular weight excluding hydrogens is 195 g/mol. The third-order valence-corrected chi connectivity index (χ3v) is 2.17. The Labute approximate surface area is 89.1 Å². The van der Waals surface area contributed by atoms with E-state index in [1.165, 1.54) is 6.07 Å². The molecule has 0 bridgehead atoms. The summed E-state index contributed by atoms with van der Waals surface area (Å²) in [5.74, 6) is -0.407. The van der Waals surface area contributed by atoms with Crippen LogP contribution >= 0.6 is 0 Å². The molecule has 84 valence electrons. The molecule has 0 aliphatic rings. The van der Waals surface area contributed by atoms with Crippen molar-refractivity contribution >= 4 is 11.4 Å². The highest BCUT2D eigenvalue weighted by Crippen LogP contribution is 2.20. The zero-order valence-corrected chi connectivity index (χ0v) is 8.83. The van der Waals surface area contributed by atoms with Gasteiger partial charge in [0.05, 0.1) is 17.5 Å². The lowest BCUT2D eigenvalue weighted by molar-refractivity contribution is 0.183. The standard InChI is InChI=1S/C11H17FN2O/c1-8(15)4-3-7-14-10-6-2-5-9(12)11(10)13/h2,5-6,8,14-15H,3-4,7,13H2,1H3. The monoisotopic (exact) mass is 212 g/mol. The van der Waals surface area contributed by atoms with Gasteiger partial charge in [-0.15, -0.1) is 0 Å². The van der Waals surface area contributed by atoms with Crippen molar-refractivity contribution in [2.75, 3.05) is 17.6 Å². The van der Waals surface area contributed by atoms with E-state index in [0.717, 1.165) is 12.8 Å². The maximum absolute atomic E-state index is 13.0. The first-order chi connectivity index (χ1) is 7.11. The Balaban J connectivity index is 2.41. The van der Waals surface area contributed by atoms with E-state index in [0.29, 0.717) is 12.2 Å². The lowest BCUT2D eigenvalue weighted by Gasteiger charge is -2.10. The van der Waals surface area contributed by atoms with E-state index in [-0.39, 0.29) is 11.8 Å². The first-order valence-corrected chi connectivity index (χ1v) is 5.07. The number of nitrogens with two attached hydrogens (primary N) is 1. The molecule has 0 radical (unpaired) electrons. The Kier molecular flexibility index (Phi) is 4.37. The second-order valence-corrected chi connectivity index (χ2v) is 3.62. The fourth-order valence-corrected chi connectivity index (χ4v) is 1.31. The van der Waals surface area contributed by atoms with Gasteiger partial charge in [0.2, 0.25) is 0 Å². The highest BCUT2D eigenvalue weighted by Gasteiger charge is 2.03. The summed E-state index contributed by atoms with van der Waals surface area (Å²) in [6.45, 7) is 2.43. The van der Waals surface area contributed by atoms with Crippen LogP contribution in [0.3, 0.4) is 0 Å². The quantitative estimate of drug-likeness (QED) is 0.516. The van der Waals surface area contributed by atoms with Crippen molar-refractivity contribution in [3.63, 3.8) is 0 Å². The number of halogens is 1. The van der Waals surface area contributed by atoms with Crippen molar-refractivity contribution in [2.45, 2.75) is 25.9 Å². The molecule has 15 heavy (non-hydrogen) atoms. The maximum Gasteiger partial charge on any atom is 0.148 e. The average Bonchev–Trinajstić information content (AvgIpc) is 2.18. The Bertz CT molecular complexity index is 315. The lowest BCUT2D eigenvalue weighted by atomic mass is 10.2.